The minimum Gasteiger partial charge on any atom is -0.496 e. The van der Waals surface area contributed by atoms with E-state index in [0.29, 0.717) is 23.9 Å². The number of Topliss-reactive ketones (excluding diaryl/α,β-unsaturated/α-hetero) is 1. The van der Waals surface area contributed by atoms with E-state index in [9.17, 15) is 4.79 Å². The van der Waals surface area contributed by atoms with Gasteiger partial charge in [0.25, 0.3) is 0 Å². The van der Waals surface area contributed by atoms with Gasteiger partial charge < -0.3 is 14.5 Å². The van der Waals surface area contributed by atoms with Gasteiger partial charge >= 0.3 is 0 Å². The predicted octanol–water partition coefficient (Wildman–Crippen LogP) is 1.43. The van der Waals surface area contributed by atoms with Gasteiger partial charge in [0.2, 0.25) is 5.78 Å². The molecule has 0 unspecified atom stereocenters. The fourth-order valence-electron chi connectivity index (χ4n) is 5.18. The summed E-state index contributed by atoms with van der Waals surface area (Å²) in [5.74, 6) is 0.841. The summed E-state index contributed by atoms with van der Waals surface area (Å²) in [7, 11) is 1.62. The molecule has 1 aliphatic heterocycles. The molecule has 4 heteroatoms. The predicted molar refractivity (Wildman–Crippen MR) is 117 cm³/mol. The van der Waals surface area contributed by atoms with Gasteiger partial charge in [0.15, 0.2) is 0 Å². The molecule has 4 nitrogen and oxygen atoms in total. The number of fused-ring (bicyclic) bond motifs is 3. The lowest BCUT2D eigenvalue weighted by molar-refractivity contribution is -1.02. The molecule has 0 amide bonds. The zero-order valence-corrected chi connectivity index (χ0v) is 17.4. The minimum atomic E-state index is 0.169. The van der Waals surface area contributed by atoms with Gasteiger partial charge in [-0.15, -0.1) is 0 Å². The summed E-state index contributed by atoms with van der Waals surface area (Å²) < 4.78 is 5.37. The van der Waals surface area contributed by atoms with Crippen molar-refractivity contribution in [1.82, 2.24) is 0 Å². The Balaban J connectivity index is 1.29. The number of carbonyl (C=O) groups is 1. The second-order valence-electron chi connectivity index (χ2n) is 8.32. The van der Waals surface area contributed by atoms with Crippen LogP contribution in [0.2, 0.25) is 0 Å². The first kappa shape index (κ1) is 19.0. The first-order valence-corrected chi connectivity index (χ1v) is 10.8. The quantitative estimate of drug-likeness (QED) is 0.636. The highest BCUT2D eigenvalue weighted by atomic mass is 16.5. The first-order chi connectivity index (χ1) is 14.8. The molecule has 1 saturated heterocycles. The van der Waals surface area contributed by atoms with Crippen LogP contribution < -0.4 is 14.5 Å². The Morgan fingerprint density at radius 3 is 2.03 bits per heavy atom. The number of nitrogens with one attached hydrogen (secondary N) is 2. The number of para-hydroxylation sites is 1. The third-order valence-electron chi connectivity index (χ3n) is 6.66. The molecule has 0 spiro atoms. The molecule has 30 heavy (non-hydrogen) atoms. The number of carbonyl (C=O) groups excluding carboxylic acids is 1. The monoisotopic (exact) mass is 400 g/mol. The summed E-state index contributed by atoms with van der Waals surface area (Å²) in [4.78, 5) is 15.8. The summed E-state index contributed by atoms with van der Waals surface area (Å²) in [5, 5.41) is 0. The molecule has 0 saturated carbocycles. The number of quaternary nitrogens is 2. The van der Waals surface area contributed by atoms with E-state index < -0.39 is 0 Å². The Bertz CT molecular complexity index is 1020. The van der Waals surface area contributed by atoms with Crippen molar-refractivity contribution in [2.45, 2.75) is 6.04 Å². The molecular formula is C26H28N2O2+2. The van der Waals surface area contributed by atoms with Gasteiger partial charge in [-0.3, -0.25) is 4.79 Å². The van der Waals surface area contributed by atoms with Gasteiger partial charge in [-0.05, 0) is 23.3 Å². The van der Waals surface area contributed by atoms with Crippen molar-refractivity contribution in [2.24, 2.45) is 0 Å². The molecule has 2 N–H and O–H groups in total. The number of hydrogen-bond acceptors (Lipinski definition) is 2. The van der Waals surface area contributed by atoms with Crippen LogP contribution in [0.15, 0.2) is 72.8 Å². The molecule has 1 fully saturated rings. The molecule has 5 rings (SSSR count). The van der Waals surface area contributed by atoms with Crippen molar-refractivity contribution in [2.75, 3.05) is 39.8 Å². The third kappa shape index (κ3) is 3.32. The van der Waals surface area contributed by atoms with Crippen LogP contribution in [0.25, 0.3) is 11.1 Å². The molecule has 0 atom stereocenters. The topological polar surface area (TPSA) is 35.2 Å². The van der Waals surface area contributed by atoms with Gasteiger partial charge in [0.05, 0.1) is 12.7 Å². The molecule has 0 radical (unpaired) electrons. The largest absolute Gasteiger partial charge is 0.496 e. The van der Waals surface area contributed by atoms with E-state index in [4.69, 9.17) is 4.74 Å². The Kier molecular flexibility index (Phi) is 5.11. The highest BCUT2D eigenvalue weighted by Crippen LogP contribution is 2.41. The standard InChI is InChI=1S/C26H26N2O2/c1-30-25-13-7-6-12-23(25)24(29)18-27-14-16-28(17-15-27)26-21-10-4-2-8-19(21)20-9-3-5-11-22(20)26/h2-13,26H,14-18H2,1H3/p+2. The van der Waals surface area contributed by atoms with Crippen LogP contribution in [-0.4, -0.2) is 45.6 Å². The fraction of sp³-hybridized carbons (Fsp3) is 0.269. The molecule has 0 bridgehead atoms. The van der Waals surface area contributed by atoms with E-state index in [1.807, 2.05) is 24.3 Å². The van der Waals surface area contributed by atoms with Gasteiger partial charge in [-0.1, -0.05) is 60.7 Å². The summed E-state index contributed by atoms with van der Waals surface area (Å²) >= 11 is 0. The fourth-order valence-corrected chi connectivity index (χ4v) is 5.18. The number of methoxy groups -OCH3 is 1. The van der Waals surface area contributed by atoms with E-state index in [-0.39, 0.29) is 5.78 Å². The zero-order valence-electron chi connectivity index (χ0n) is 17.4. The number of ketones is 1. The SMILES string of the molecule is COc1ccccc1C(=O)C[NH+]1CC[NH+](C2c3ccccc3-c3ccccc32)CC1. The summed E-state index contributed by atoms with van der Waals surface area (Å²) in [6.07, 6.45) is 0. The highest BCUT2D eigenvalue weighted by molar-refractivity contribution is 5.99. The average molecular weight is 401 g/mol. The second kappa shape index (κ2) is 8.05. The molecule has 2 aliphatic rings. The average Bonchev–Trinajstić information content (AvgIpc) is 3.14. The lowest BCUT2D eigenvalue weighted by Gasteiger charge is -2.33. The second-order valence-corrected chi connectivity index (χ2v) is 8.32. The summed E-state index contributed by atoms with van der Waals surface area (Å²) in [5.41, 5.74) is 6.35. The van der Waals surface area contributed by atoms with Crippen LogP contribution in [0.5, 0.6) is 5.75 Å². The molecule has 3 aromatic rings. The van der Waals surface area contributed by atoms with Gasteiger partial charge in [-0.25, -0.2) is 0 Å². The Hall–Kier alpha value is -2.95. The number of benzene rings is 3. The Morgan fingerprint density at radius 2 is 1.40 bits per heavy atom. The van der Waals surface area contributed by atoms with Crippen molar-refractivity contribution in [3.8, 4) is 16.9 Å². The van der Waals surface area contributed by atoms with Gasteiger partial charge in [0.1, 0.15) is 44.5 Å². The van der Waals surface area contributed by atoms with Crippen LogP contribution in [0.3, 0.4) is 0 Å². The smallest absolute Gasteiger partial charge is 0.220 e. The van der Waals surface area contributed by atoms with E-state index in [0.717, 1.165) is 26.2 Å². The van der Waals surface area contributed by atoms with Gasteiger partial charge in [-0.2, -0.15) is 0 Å². The normalized spacial score (nSPS) is 20.4. The Morgan fingerprint density at radius 1 is 0.833 bits per heavy atom. The van der Waals surface area contributed by atoms with Crippen molar-refractivity contribution >= 4 is 5.78 Å². The molecule has 1 aliphatic carbocycles. The molecule has 1 heterocycles. The zero-order chi connectivity index (χ0) is 20.5. The van der Waals surface area contributed by atoms with E-state index in [2.05, 4.69) is 48.5 Å². The highest BCUT2D eigenvalue weighted by Gasteiger charge is 2.38. The summed E-state index contributed by atoms with van der Waals surface area (Å²) in [6.45, 7) is 4.70. The van der Waals surface area contributed by atoms with Crippen LogP contribution in [0, 0.1) is 0 Å². The van der Waals surface area contributed by atoms with Crippen LogP contribution in [0.1, 0.15) is 27.5 Å². The summed E-state index contributed by atoms with van der Waals surface area (Å²) in [6, 6.07) is 25.6. The van der Waals surface area contributed by atoms with Crippen LogP contribution >= 0.6 is 0 Å². The van der Waals surface area contributed by atoms with E-state index in [1.165, 1.54) is 27.2 Å². The Labute approximate surface area is 177 Å². The van der Waals surface area contributed by atoms with Crippen LogP contribution in [0.4, 0.5) is 0 Å². The maximum Gasteiger partial charge on any atom is 0.220 e. The van der Waals surface area contributed by atoms with Crippen molar-refractivity contribution in [3.05, 3.63) is 89.5 Å². The van der Waals surface area contributed by atoms with Gasteiger partial charge in [0, 0.05) is 11.1 Å². The van der Waals surface area contributed by atoms with Crippen LogP contribution in [-0.2, 0) is 0 Å². The number of hydrogen-bond donors (Lipinski definition) is 2. The maximum absolute atomic E-state index is 12.9. The van der Waals surface area contributed by atoms with Crippen molar-refractivity contribution in [1.29, 1.82) is 0 Å². The lowest BCUT2D eigenvalue weighted by Crippen LogP contribution is -3.28. The number of rotatable bonds is 5. The third-order valence-corrected chi connectivity index (χ3v) is 6.66. The molecule has 0 aromatic heterocycles. The lowest BCUT2D eigenvalue weighted by atomic mass is 10.0. The first-order valence-electron chi connectivity index (χ1n) is 10.8. The van der Waals surface area contributed by atoms with Crippen molar-refractivity contribution < 1.29 is 19.3 Å². The van der Waals surface area contributed by atoms with E-state index >= 15 is 0 Å². The molecule has 3 aromatic carbocycles. The number of piperazine rings is 1. The maximum atomic E-state index is 12.9. The van der Waals surface area contributed by atoms with E-state index in [1.54, 1.807) is 12.0 Å². The van der Waals surface area contributed by atoms with Crippen molar-refractivity contribution in [3.63, 3.8) is 0 Å². The molecular weight excluding hydrogens is 372 g/mol. The minimum absolute atomic E-state index is 0.169. The molecule has 152 valence electrons. The number of ether oxygens (including phenoxy) is 1.